The van der Waals surface area contributed by atoms with E-state index in [0.717, 1.165) is 14.9 Å². The molecular weight excluding hydrogens is 397 g/mol. The molecule has 7 heteroatoms. The molecule has 0 radical (unpaired) electrons. The van der Waals surface area contributed by atoms with Crippen LogP contribution in [0.3, 0.4) is 0 Å². The number of pyridine rings is 1. The Morgan fingerprint density at radius 1 is 1.36 bits per heavy atom. The summed E-state index contributed by atoms with van der Waals surface area (Å²) in [4.78, 5) is 15.5. The highest BCUT2D eigenvalue weighted by Crippen LogP contribution is 2.25. The number of carbonyl (C=O) groups excluding carboxylic acids is 1. The van der Waals surface area contributed by atoms with Gasteiger partial charge in [0.1, 0.15) is 11.5 Å². The van der Waals surface area contributed by atoms with Gasteiger partial charge in [-0.1, -0.05) is 0 Å². The molecule has 0 atom stereocenters. The van der Waals surface area contributed by atoms with E-state index in [0.29, 0.717) is 5.75 Å². The van der Waals surface area contributed by atoms with Crippen molar-refractivity contribution in [2.45, 2.75) is 0 Å². The quantitative estimate of drug-likeness (QED) is 0.450. The molecule has 1 amide bonds. The number of methoxy groups -OCH3 is 1. The van der Waals surface area contributed by atoms with Crippen LogP contribution in [0.25, 0.3) is 0 Å². The minimum atomic E-state index is -0.336. The summed E-state index contributed by atoms with van der Waals surface area (Å²) in [5, 5.41) is 3.85. The van der Waals surface area contributed by atoms with Crippen molar-refractivity contribution in [1.82, 2.24) is 10.4 Å². The Hall–Kier alpha value is -2.16. The first kappa shape index (κ1) is 16.2. The minimum Gasteiger partial charge on any atom is -0.497 e. The monoisotopic (exact) mass is 411 g/mol. The van der Waals surface area contributed by atoms with Gasteiger partial charge in [-0.2, -0.15) is 5.10 Å². The summed E-state index contributed by atoms with van der Waals surface area (Å²) in [6, 6.07) is 8.93. The maximum absolute atomic E-state index is 11.7. The topological polar surface area (TPSA) is 72.8 Å². The van der Waals surface area contributed by atoms with E-state index < -0.39 is 0 Å². The van der Waals surface area contributed by atoms with Gasteiger partial charge in [-0.15, -0.1) is 0 Å². The van der Waals surface area contributed by atoms with Gasteiger partial charge in [0, 0.05) is 12.4 Å². The SMILES string of the molecule is COc1ccc(OCC(=O)NN=Cc2ccncc2)c(I)c1. The Morgan fingerprint density at radius 3 is 2.82 bits per heavy atom. The van der Waals surface area contributed by atoms with E-state index >= 15 is 0 Å². The summed E-state index contributed by atoms with van der Waals surface area (Å²) in [7, 11) is 1.60. The fraction of sp³-hybridized carbons (Fsp3) is 0.133. The molecule has 2 aromatic rings. The Kier molecular flexibility index (Phi) is 6.13. The maximum Gasteiger partial charge on any atom is 0.277 e. The highest BCUT2D eigenvalue weighted by atomic mass is 127. The standard InChI is InChI=1S/C15H14IN3O3/c1-21-12-2-3-14(13(16)8-12)22-10-15(20)19-18-9-11-4-6-17-7-5-11/h2-9H,10H2,1H3,(H,19,20). The molecule has 0 bridgehead atoms. The molecule has 0 aliphatic heterocycles. The van der Waals surface area contributed by atoms with Gasteiger partial charge in [-0.25, -0.2) is 5.43 Å². The molecule has 0 fully saturated rings. The second-order valence-corrected chi connectivity index (χ2v) is 5.32. The largest absolute Gasteiger partial charge is 0.497 e. The van der Waals surface area contributed by atoms with Crippen LogP contribution in [0, 0.1) is 3.57 Å². The number of carbonyl (C=O) groups is 1. The van der Waals surface area contributed by atoms with Crippen LogP contribution in [-0.4, -0.2) is 30.8 Å². The number of hydrogen-bond donors (Lipinski definition) is 1. The molecular formula is C15H14IN3O3. The van der Waals surface area contributed by atoms with E-state index in [2.05, 4.69) is 38.1 Å². The van der Waals surface area contributed by atoms with Crippen LogP contribution in [0.4, 0.5) is 0 Å². The van der Waals surface area contributed by atoms with Crippen LogP contribution < -0.4 is 14.9 Å². The Balaban J connectivity index is 1.82. The maximum atomic E-state index is 11.7. The summed E-state index contributed by atoms with van der Waals surface area (Å²) in [5.74, 6) is 1.02. The van der Waals surface area contributed by atoms with Gasteiger partial charge in [-0.3, -0.25) is 9.78 Å². The molecule has 0 spiro atoms. The number of halogens is 1. The summed E-state index contributed by atoms with van der Waals surface area (Å²) in [6.07, 6.45) is 4.84. The first-order valence-electron chi connectivity index (χ1n) is 6.37. The van der Waals surface area contributed by atoms with E-state index in [1.165, 1.54) is 6.21 Å². The van der Waals surface area contributed by atoms with Crippen LogP contribution in [0.5, 0.6) is 11.5 Å². The van der Waals surface area contributed by atoms with Gasteiger partial charge in [-0.05, 0) is 58.5 Å². The van der Waals surface area contributed by atoms with Crippen molar-refractivity contribution in [3.05, 3.63) is 51.9 Å². The number of nitrogens with one attached hydrogen (secondary N) is 1. The van der Waals surface area contributed by atoms with Crippen molar-refractivity contribution in [2.75, 3.05) is 13.7 Å². The number of rotatable bonds is 6. The molecule has 0 aliphatic carbocycles. The predicted molar refractivity (Wildman–Crippen MR) is 91.2 cm³/mol. The molecule has 0 aliphatic rings. The smallest absolute Gasteiger partial charge is 0.277 e. The Bertz CT molecular complexity index is 662. The van der Waals surface area contributed by atoms with E-state index in [9.17, 15) is 4.79 Å². The normalized spacial score (nSPS) is 10.5. The third-order valence-corrected chi connectivity index (χ3v) is 3.45. The average Bonchev–Trinajstić information content (AvgIpc) is 2.54. The second-order valence-electron chi connectivity index (χ2n) is 4.16. The molecule has 0 unspecified atom stereocenters. The number of ether oxygens (including phenoxy) is 2. The summed E-state index contributed by atoms with van der Waals surface area (Å²) < 4.78 is 11.4. The van der Waals surface area contributed by atoms with Crippen molar-refractivity contribution in [1.29, 1.82) is 0 Å². The van der Waals surface area contributed by atoms with Crippen LogP contribution in [0.1, 0.15) is 5.56 Å². The van der Waals surface area contributed by atoms with Crippen molar-refractivity contribution < 1.29 is 14.3 Å². The second kappa shape index (κ2) is 8.32. The number of aromatic nitrogens is 1. The van der Waals surface area contributed by atoms with Crippen molar-refractivity contribution >= 4 is 34.7 Å². The van der Waals surface area contributed by atoms with Crippen molar-refractivity contribution in [3.8, 4) is 11.5 Å². The molecule has 114 valence electrons. The molecule has 1 N–H and O–H groups in total. The third kappa shape index (κ3) is 4.99. The lowest BCUT2D eigenvalue weighted by molar-refractivity contribution is -0.123. The van der Waals surface area contributed by atoms with Gasteiger partial charge in [0.15, 0.2) is 6.61 Å². The van der Waals surface area contributed by atoms with Gasteiger partial charge in [0.05, 0.1) is 16.9 Å². The first-order valence-corrected chi connectivity index (χ1v) is 7.45. The number of benzene rings is 1. The number of hydrogen-bond acceptors (Lipinski definition) is 5. The average molecular weight is 411 g/mol. The molecule has 1 aromatic carbocycles. The number of hydrazone groups is 1. The lowest BCUT2D eigenvalue weighted by atomic mass is 10.3. The van der Waals surface area contributed by atoms with E-state index in [-0.39, 0.29) is 12.5 Å². The zero-order valence-corrected chi connectivity index (χ0v) is 14.0. The number of nitrogens with zero attached hydrogens (tertiary/aromatic N) is 2. The van der Waals surface area contributed by atoms with E-state index in [4.69, 9.17) is 9.47 Å². The fourth-order valence-corrected chi connectivity index (χ4v) is 2.17. The Labute approximate surface area is 141 Å². The molecule has 6 nitrogen and oxygen atoms in total. The highest BCUT2D eigenvalue weighted by molar-refractivity contribution is 14.1. The molecule has 22 heavy (non-hydrogen) atoms. The van der Waals surface area contributed by atoms with Gasteiger partial charge >= 0.3 is 0 Å². The zero-order valence-electron chi connectivity index (χ0n) is 11.8. The molecule has 0 saturated heterocycles. The van der Waals surface area contributed by atoms with Crippen molar-refractivity contribution in [3.63, 3.8) is 0 Å². The van der Waals surface area contributed by atoms with Gasteiger partial charge in [0.25, 0.3) is 5.91 Å². The van der Waals surface area contributed by atoms with Crippen molar-refractivity contribution in [2.24, 2.45) is 5.10 Å². The fourth-order valence-electron chi connectivity index (χ4n) is 1.53. The summed E-state index contributed by atoms with van der Waals surface area (Å²) in [6.45, 7) is -0.115. The first-order chi connectivity index (χ1) is 10.7. The summed E-state index contributed by atoms with van der Waals surface area (Å²) in [5.41, 5.74) is 3.25. The van der Waals surface area contributed by atoms with Crippen LogP contribution in [0.2, 0.25) is 0 Å². The Morgan fingerprint density at radius 2 is 2.14 bits per heavy atom. The zero-order chi connectivity index (χ0) is 15.8. The van der Waals surface area contributed by atoms with Crippen LogP contribution in [-0.2, 0) is 4.79 Å². The predicted octanol–water partition coefficient (Wildman–Crippen LogP) is 2.22. The van der Waals surface area contributed by atoms with E-state index in [1.54, 1.807) is 43.8 Å². The van der Waals surface area contributed by atoms with Gasteiger partial charge in [0.2, 0.25) is 0 Å². The van der Waals surface area contributed by atoms with E-state index in [1.807, 2.05) is 6.07 Å². The molecule has 1 aromatic heterocycles. The molecule has 1 heterocycles. The lowest BCUT2D eigenvalue weighted by Gasteiger charge is -2.08. The summed E-state index contributed by atoms with van der Waals surface area (Å²) >= 11 is 2.12. The van der Waals surface area contributed by atoms with Crippen LogP contribution in [0.15, 0.2) is 47.8 Å². The lowest BCUT2D eigenvalue weighted by Crippen LogP contribution is -2.24. The molecule has 0 saturated carbocycles. The highest BCUT2D eigenvalue weighted by Gasteiger charge is 2.06. The third-order valence-electron chi connectivity index (χ3n) is 2.61. The molecule has 2 rings (SSSR count). The van der Waals surface area contributed by atoms with Gasteiger partial charge < -0.3 is 9.47 Å². The number of amides is 1. The van der Waals surface area contributed by atoms with Crippen LogP contribution >= 0.6 is 22.6 Å². The minimum absolute atomic E-state index is 0.115.